The van der Waals surface area contributed by atoms with E-state index in [-0.39, 0.29) is 5.92 Å². The second-order valence-electron chi connectivity index (χ2n) is 8.25. The molecule has 1 nitrogen and oxygen atoms in total. The summed E-state index contributed by atoms with van der Waals surface area (Å²) < 4.78 is 69.4. The van der Waals surface area contributed by atoms with Gasteiger partial charge in [0.25, 0.3) is 0 Å². The van der Waals surface area contributed by atoms with Gasteiger partial charge in [0.2, 0.25) is 5.75 Å². The second-order valence-corrected chi connectivity index (χ2v) is 8.25. The van der Waals surface area contributed by atoms with Crippen molar-refractivity contribution in [2.75, 3.05) is 0 Å². The van der Waals surface area contributed by atoms with E-state index >= 15 is 0 Å². The quantitative estimate of drug-likeness (QED) is 0.360. The van der Waals surface area contributed by atoms with Crippen molar-refractivity contribution >= 4 is 0 Å². The minimum Gasteiger partial charge on any atom is -0.422 e. The number of hydrogen-bond donors (Lipinski definition) is 0. The zero-order valence-corrected chi connectivity index (χ0v) is 16.1. The lowest BCUT2D eigenvalue weighted by Crippen LogP contribution is -2.25. The Bertz CT molecular complexity index is 674. The highest BCUT2D eigenvalue weighted by atomic mass is 19.3. The molecule has 0 amide bonds. The molecule has 0 spiro atoms. The summed E-state index contributed by atoms with van der Waals surface area (Å²) in [7, 11) is 0. The van der Waals surface area contributed by atoms with E-state index in [9.17, 15) is 22.0 Å². The Morgan fingerprint density at radius 1 is 0.857 bits per heavy atom. The molecular formula is C22H27F5O. The molecule has 156 valence electrons. The summed E-state index contributed by atoms with van der Waals surface area (Å²) in [6, 6.07) is -0.123. The van der Waals surface area contributed by atoms with Gasteiger partial charge in [0, 0.05) is 0 Å². The molecule has 2 aliphatic rings. The summed E-state index contributed by atoms with van der Waals surface area (Å²) >= 11 is 0. The molecule has 0 heterocycles. The smallest absolute Gasteiger partial charge is 0.344 e. The van der Waals surface area contributed by atoms with Gasteiger partial charge in [-0.25, -0.2) is 8.78 Å². The van der Waals surface area contributed by atoms with Crippen molar-refractivity contribution in [1.29, 1.82) is 0 Å². The Morgan fingerprint density at radius 2 is 1.36 bits per heavy atom. The average Bonchev–Trinajstić information content (AvgIpc) is 2.70. The maximum Gasteiger partial charge on any atom is 0.344 e. The third-order valence-corrected chi connectivity index (χ3v) is 6.74. The van der Waals surface area contributed by atoms with Gasteiger partial charge in [-0.1, -0.05) is 26.2 Å². The van der Waals surface area contributed by atoms with Gasteiger partial charge in [-0.05, 0) is 79.9 Å². The highest BCUT2D eigenvalue weighted by molar-refractivity contribution is 5.34. The van der Waals surface area contributed by atoms with Gasteiger partial charge in [-0.2, -0.15) is 13.2 Å². The van der Waals surface area contributed by atoms with Crippen LogP contribution in [0.1, 0.15) is 76.2 Å². The molecule has 0 aromatic heterocycles. The van der Waals surface area contributed by atoms with Crippen LogP contribution in [0.25, 0.3) is 0 Å². The molecular weight excluding hydrogens is 375 g/mol. The molecule has 2 saturated carbocycles. The summed E-state index contributed by atoms with van der Waals surface area (Å²) in [5.74, 6) is -1.12. The van der Waals surface area contributed by atoms with Crippen LogP contribution in [0.3, 0.4) is 0 Å². The van der Waals surface area contributed by atoms with Crippen molar-refractivity contribution in [2.24, 2.45) is 17.8 Å². The van der Waals surface area contributed by atoms with Crippen LogP contribution in [-0.4, -0.2) is 0 Å². The summed E-state index contributed by atoms with van der Waals surface area (Å²) in [5, 5.41) is 0. The fourth-order valence-corrected chi connectivity index (χ4v) is 5.03. The molecule has 0 unspecified atom stereocenters. The van der Waals surface area contributed by atoms with Crippen LogP contribution in [0.4, 0.5) is 22.0 Å². The van der Waals surface area contributed by atoms with E-state index in [4.69, 9.17) is 0 Å². The number of ether oxygens (including phenoxy) is 1. The Labute approximate surface area is 163 Å². The normalized spacial score (nSPS) is 28.1. The molecule has 0 atom stereocenters. The molecule has 0 aliphatic heterocycles. The predicted octanol–water partition coefficient (Wildman–Crippen LogP) is 7.87. The molecule has 1 aromatic carbocycles. The third kappa shape index (κ3) is 4.87. The molecule has 0 bridgehead atoms. The lowest BCUT2D eigenvalue weighted by molar-refractivity contribution is 0.158. The molecule has 2 aliphatic carbocycles. The van der Waals surface area contributed by atoms with E-state index in [2.05, 4.69) is 11.7 Å². The summed E-state index contributed by atoms with van der Waals surface area (Å²) in [6.07, 6.45) is 7.47. The van der Waals surface area contributed by atoms with Crippen molar-refractivity contribution in [1.82, 2.24) is 0 Å². The van der Waals surface area contributed by atoms with E-state index in [1.165, 1.54) is 32.1 Å². The van der Waals surface area contributed by atoms with Crippen LogP contribution < -0.4 is 4.74 Å². The van der Waals surface area contributed by atoms with E-state index in [0.29, 0.717) is 11.5 Å². The predicted molar refractivity (Wildman–Crippen MR) is 97.8 cm³/mol. The van der Waals surface area contributed by atoms with Gasteiger partial charge >= 0.3 is 12.1 Å². The zero-order valence-electron chi connectivity index (χ0n) is 16.1. The summed E-state index contributed by atoms with van der Waals surface area (Å²) in [5.41, 5.74) is 0.487. The molecule has 0 saturated heterocycles. The van der Waals surface area contributed by atoms with Crippen LogP contribution >= 0.6 is 0 Å². The fourth-order valence-electron chi connectivity index (χ4n) is 5.03. The first-order valence-electron chi connectivity index (χ1n) is 10.3. The van der Waals surface area contributed by atoms with Gasteiger partial charge in [0.1, 0.15) is 0 Å². The third-order valence-electron chi connectivity index (χ3n) is 6.74. The van der Waals surface area contributed by atoms with E-state index in [1.807, 2.05) is 0 Å². The maximum atomic E-state index is 14.1. The van der Waals surface area contributed by atoms with Gasteiger partial charge in [-0.15, -0.1) is 0 Å². The van der Waals surface area contributed by atoms with Crippen molar-refractivity contribution in [3.63, 3.8) is 0 Å². The lowest BCUT2D eigenvalue weighted by atomic mass is 9.68. The van der Waals surface area contributed by atoms with Crippen LogP contribution in [0, 0.1) is 29.4 Å². The van der Waals surface area contributed by atoms with E-state index < -0.39 is 29.5 Å². The molecule has 3 rings (SSSR count). The van der Waals surface area contributed by atoms with Gasteiger partial charge < -0.3 is 4.74 Å². The molecule has 2 fully saturated rings. The summed E-state index contributed by atoms with van der Waals surface area (Å²) in [6.45, 7) is 2.25. The average molecular weight is 402 g/mol. The fraction of sp³-hybridized carbons (Fsp3) is 0.636. The monoisotopic (exact) mass is 402 g/mol. The highest BCUT2D eigenvalue weighted by Gasteiger charge is 2.31. The largest absolute Gasteiger partial charge is 0.422 e. The Balaban J connectivity index is 1.61. The standard InChI is InChI=1S/C22H27F5O/c1-2-13-3-5-14(6-4-13)15-7-9-16(10-8-15)17-11-18(23)20(19(24)12-17)28-22(27)21(25)26/h11-16H,2-10H2,1H3/t13-,14-,15?,16?. The Kier molecular flexibility index (Phi) is 7.00. The number of benzene rings is 1. The van der Waals surface area contributed by atoms with Crippen LogP contribution in [0.15, 0.2) is 24.2 Å². The zero-order chi connectivity index (χ0) is 20.3. The van der Waals surface area contributed by atoms with Crippen molar-refractivity contribution in [3.8, 4) is 5.75 Å². The molecule has 1 aromatic rings. The number of halogens is 5. The first-order chi connectivity index (χ1) is 13.4. The number of rotatable bonds is 5. The maximum absolute atomic E-state index is 14.1. The topological polar surface area (TPSA) is 9.23 Å². The minimum absolute atomic E-state index is 0.0274. The van der Waals surface area contributed by atoms with Gasteiger partial charge in [-0.3, -0.25) is 0 Å². The Hall–Kier alpha value is -1.59. The molecule has 6 heteroatoms. The second kappa shape index (κ2) is 9.27. The van der Waals surface area contributed by atoms with Gasteiger partial charge in [0.15, 0.2) is 11.6 Å². The minimum atomic E-state index is -2.76. The van der Waals surface area contributed by atoms with Gasteiger partial charge in [0.05, 0.1) is 0 Å². The molecule has 0 radical (unpaired) electrons. The summed E-state index contributed by atoms with van der Waals surface area (Å²) in [4.78, 5) is 0. The molecule has 0 N–H and O–H groups in total. The SMILES string of the molecule is CC[C@H]1CC[C@H](C2CCC(c3cc(F)c(OC(F)=C(F)F)c(F)c3)CC2)CC1. The van der Waals surface area contributed by atoms with Crippen molar-refractivity contribution < 1.29 is 26.7 Å². The number of hydrogen-bond acceptors (Lipinski definition) is 1. The van der Waals surface area contributed by atoms with E-state index in [1.54, 1.807) is 0 Å². The first kappa shape index (κ1) is 21.1. The van der Waals surface area contributed by atoms with Crippen LogP contribution in [0.2, 0.25) is 0 Å². The lowest BCUT2D eigenvalue weighted by Gasteiger charge is -2.38. The Morgan fingerprint density at radius 3 is 1.82 bits per heavy atom. The van der Waals surface area contributed by atoms with Crippen molar-refractivity contribution in [3.05, 3.63) is 41.4 Å². The van der Waals surface area contributed by atoms with Crippen LogP contribution in [-0.2, 0) is 0 Å². The van der Waals surface area contributed by atoms with Crippen molar-refractivity contribution in [2.45, 2.75) is 70.6 Å². The highest BCUT2D eigenvalue weighted by Crippen LogP contribution is 2.45. The molecule has 28 heavy (non-hydrogen) atoms. The first-order valence-corrected chi connectivity index (χ1v) is 10.3. The van der Waals surface area contributed by atoms with Crippen LogP contribution in [0.5, 0.6) is 5.75 Å². The van der Waals surface area contributed by atoms with E-state index in [0.717, 1.165) is 49.7 Å².